The third-order valence-corrected chi connectivity index (χ3v) is 5.77. The number of hydrogen-bond donors (Lipinski definition) is 1. The normalized spacial score (nSPS) is 26.4. The van der Waals surface area contributed by atoms with Crippen molar-refractivity contribution in [3.8, 4) is 0 Å². The van der Waals surface area contributed by atoms with Gasteiger partial charge in [0.25, 0.3) is 0 Å². The predicted molar refractivity (Wildman–Crippen MR) is 72.1 cm³/mol. The van der Waals surface area contributed by atoms with Crippen LogP contribution >= 0.6 is 11.6 Å². The van der Waals surface area contributed by atoms with Crippen LogP contribution in [0.1, 0.15) is 32.4 Å². The van der Waals surface area contributed by atoms with Gasteiger partial charge in [-0.3, -0.25) is 0 Å². The number of hydrogen-bond acceptors (Lipinski definition) is 2. The monoisotopic (exact) mass is 290 g/mol. The highest BCUT2D eigenvalue weighted by atomic mass is 35.5. The second-order valence-corrected chi connectivity index (χ2v) is 7.26. The summed E-state index contributed by atoms with van der Waals surface area (Å²) in [4.78, 5) is 3.21. The van der Waals surface area contributed by atoms with Crippen LogP contribution in [0, 0.1) is 5.92 Å². The molecule has 1 aromatic rings. The molecule has 0 aromatic carbocycles. The van der Waals surface area contributed by atoms with E-state index in [4.69, 9.17) is 11.6 Å². The zero-order valence-electron chi connectivity index (χ0n) is 10.7. The van der Waals surface area contributed by atoms with E-state index in [-0.39, 0.29) is 6.04 Å². The molecule has 1 aliphatic rings. The first-order valence-corrected chi connectivity index (χ1v) is 8.17. The van der Waals surface area contributed by atoms with Crippen molar-refractivity contribution < 1.29 is 8.42 Å². The fourth-order valence-corrected chi connectivity index (χ4v) is 4.32. The minimum Gasteiger partial charge on any atom is -0.363 e. The van der Waals surface area contributed by atoms with E-state index >= 15 is 0 Å². The molecule has 6 heteroatoms. The van der Waals surface area contributed by atoms with Crippen molar-refractivity contribution in [2.24, 2.45) is 5.92 Å². The fourth-order valence-electron chi connectivity index (χ4n) is 2.36. The molecule has 1 aromatic heterocycles. The van der Waals surface area contributed by atoms with E-state index in [0.717, 1.165) is 18.5 Å². The number of aromatic nitrogens is 1. The first-order chi connectivity index (χ1) is 8.45. The molecule has 1 N–H and O–H groups in total. The summed E-state index contributed by atoms with van der Waals surface area (Å²) >= 11 is 5.69. The molecule has 2 atom stereocenters. The quantitative estimate of drug-likeness (QED) is 0.870. The van der Waals surface area contributed by atoms with Gasteiger partial charge in [0, 0.05) is 24.5 Å². The van der Waals surface area contributed by atoms with Crippen LogP contribution in [0.3, 0.4) is 0 Å². The minimum absolute atomic E-state index is 0.0700. The number of nitrogens with one attached hydrogen (secondary N) is 1. The summed E-state index contributed by atoms with van der Waals surface area (Å²) in [6.45, 7) is 4.67. The number of aromatic amines is 1. The maximum atomic E-state index is 12.5. The molecular formula is C12H19ClN2O2S. The number of sulfonamides is 1. The van der Waals surface area contributed by atoms with Crippen LogP contribution in [0.2, 0.25) is 0 Å². The number of H-pyrrole nitrogens is 1. The third kappa shape index (κ3) is 2.58. The summed E-state index contributed by atoms with van der Waals surface area (Å²) in [5.41, 5.74) is 0.730. The van der Waals surface area contributed by atoms with Crippen molar-refractivity contribution in [3.05, 3.63) is 18.0 Å². The van der Waals surface area contributed by atoms with Crippen molar-refractivity contribution >= 4 is 21.6 Å². The summed E-state index contributed by atoms with van der Waals surface area (Å²) in [6.07, 6.45) is 3.54. The van der Waals surface area contributed by atoms with Crippen molar-refractivity contribution in [3.63, 3.8) is 0 Å². The van der Waals surface area contributed by atoms with Crippen molar-refractivity contribution in [1.29, 1.82) is 0 Å². The van der Waals surface area contributed by atoms with Gasteiger partial charge in [-0.2, -0.15) is 4.31 Å². The molecule has 4 nitrogen and oxygen atoms in total. The smallest absolute Gasteiger partial charge is 0.244 e. The van der Waals surface area contributed by atoms with E-state index in [1.165, 1.54) is 6.20 Å². The number of rotatable bonds is 3. The van der Waals surface area contributed by atoms with E-state index in [9.17, 15) is 8.42 Å². The molecule has 2 unspecified atom stereocenters. The Kier molecular flexibility index (Phi) is 4.04. The highest BCUT2D eigenvalue weighted by molar-refractivity contribution is 7.89. The highest BCUT2D eigenvalue weighted by Gasteiger charge is 2.33. The summed E-state index contributed by atoms with van der Waals surface area (Å²) in [7, 11) is -3.39. The Morgan fingerprint density at radius 2 is 2.17 bits per heavy atom. The molecule has 0 spiro atoms. The lowest BCUT2D eigenvalue weighted by Crippen LogP contribution is -2.44. The number of halogens is 1. The Balaban J connectivity index is 2.29. The zero-order chi connectivity index (χ0) is 13.3. The molecule has 0 bridgehead atoms. The van der Waals surface area contributed by atoms with Gasteiger partial charge in [-0.05, 0) is 31.7 Å². The first-order valence-electron chi connectivity index (χ1n) is 6.20. The first kappa shape index (κ1) is 13.9. The Labute approximate surface area is 113 Å². The van der Waals surface area contributed by atoms with Gasteiger partial charge in [0.1, 0.15) is 0 Å². The number of nitrogens with zero attached hydrogens (tertiary/aromatic N) is 1. The lowest BCUT2D eigenvalue weighted by Gasteiger charge is -2.35. The summed E-state index contributed by atoms with van der Waals surface area (Å²) < 4.78 is 26.7. The largest absolute Gasteiger partial charge is 0.363 e. The van der Waals surface area contributed by atoms with Crippen molar-refractivity contribution in [1.82, 2.24) is 9.29 Å². The van der Waals surface area contributed by atoms with E-state index in [2.05, 4.69) is 11.9 Å². The fraction of sp³-hybridized carbons (Fsp3) is 0.667. The van der Waals surface area contributed by atoms with E-state index in [0.29, 0.717) is 23.2 Å². The molecule has 1 aliphatic heterocycles. The molecular weight excluding hydrogens is 272 g/mol. The standard InChI is InChI=1S/C12H19ClN2O2S/c1-9-3-4-10(2)15(8-9)18(16,17)12-5-11(6-13)14-7-12/h5,7,9-10,14H,3-4,6,8H2,1-2H3. The molecule has 2 heterocycles. The summed E-state index contributed by atoms with van der Waals surface area (Å²) in [5.74, 6) is 0.712. The highest BCUT2D eigenvalue weighted by Crippen LogP contribution is 2.28. The minimum atomic E-state index is -3.39. The van der Waals surface area contributed by atoms with Crippen LogP contribution < -0.4 is 0 Å². The van der Waals surface area contributed by atoms with Crippen LogP contribution in [0.15, 0.2) is 17.2 Å². The average molecular weight is 291 g/mol. The predicted octanol–water partition coefficient (Wildman–Crippen LogP) is 2.56. The molecule has 102 valence electrons. The Morgan fingerprint density at radius 1 is 1.44 bits per heavy atom. The number of piperidine rings is 1. The van der Waals surface area contributed by atoms with Crippen molar-refractivity contribution in [2.75, 3.05) is 6.54 Å². The van der Waals surface area contributed by atoms with E-state index in [1.807, 2.05) is 6.92 Å². The van der Waals surface area contributed by atoms with Gasteiger partial charge in [0.15, 0.2) is 0 Å². The maximum Gasteiger partial charge on any atom is 0.244 e. The van der Waals surface area contributed by atoms with Gasteiger partial charge >= 0.3 is 0 Å². The van der Waals surface area contributed by atoms with Crippen LogP contribution in [0.5, 0.6) is 0 Å². The van der Waals surface area contributed by atoms with Crippen LogP contribution in [-0.4, -0.2) is 30.3 Å². The Bertz CT molecular complexity index is 512. The molecule has 0 amide bonds. The Morgan fingerprint density at radius 3 is 2.78 bits per heavy atom. The third-order valence-electron chi connectivity index (χ3n) is 3.53. The number of alkyl halides is 1. The molecule has 0 saturated carbocycles. The van der Waals surface area contributed by atoms with Gasteiger partial charge in [0.05, 0.1) is 10.8 Å². The molecule has 0 radical (unpaired) electrons. The second-order valence-electron chi connectivity index (χ2n) is 5.10. The lowest BCUT2D eigenvalue weighted by atomic mass is 9.97. The molecule has 2 rings (SSSR count). The second kappa shape index (κ2) is 5.23. The molecule has 1 saturated heterocycles. The average Bonchev–Trinajstić information content (AvgIpc) is 2.81. The van der Waals surface area contributed by atoms with Gasteiger partial charge in [-0.1, -0.05) is 6.92 Å². The van der Waals surface area contributed by atoms with Crippen LogP contribution in [0.25, 0.3) is 0 Å². The van der Waals surface area contributed by atoms with Gasteiger partial charge in [0.2, 0.25) is 10.0 Å². The van der Waals surface area contributed by atoms with Gasteiger partial charge in [-0.15, -0.1) is 11.6 Å². The maximum absolute atomic E-state index is 12.5. The van der Waals surface area contributed by atoms with Crippen LogP contribution in [-0.2, 0) is 15.9 Å². The van der Waals surface area contributed by atoms with Crippen LogP contribution in [0.4, 0.5) is 0 Å². The Hall–Kier alpha value is -0.520. The van der Waals surface area contributed by atoms with Gasteiger partial charge in [-0.25, -0.2) is 8.42 Å². The lowest BCUT2D eigenvalue weighted by molar-refractivity contribution is 0.218. The molecule has 1 fully saturated rings. The van der Waals surface area contributed by atoms with Crippen molar-refractivity contribution in [2.45, 2.75) is 43.5 Å². The van der Waals surface area contributed by atoms with Gasteiger partial charge < -0.3 is 4.98 Å². The SMILES string of the molecule is CC1CCC(C)N(S(=O)(=O)c2c[nH]c(CCl)c2)C1. The summed E-state index contributed by atoms with van der Waals surface area (Å²) in [6, 6.07) is 1.69. The van der Waals surface area contributed by atoms with E-state index in [1.54, 1.807) is 10.4 Å². The topological polar surface area (TPSA) is 53.2 Å². The van der Waals surface area contributed by atoms with E-state index < -0.39 is 10.0 Å². The molecule has 0 aliphatic carbocycles. The zero-order valence-corrected chi connectivity index (χ0v) is 12.3. The summed E-state index contributed by atoms with van der Waals surface area (Å²) in [5, 5.41) is 0. The molecule has 18 heavy (non-hydrogen) atoms.